The van der Waals surface area contributed by atoms with Crippen molar-refractivity contribution >= 4 is 23.1 Å². The van der Waals surface area contributed by atoms with Crippen LogP contribution >= 0.6 is 11.3 Å². The summed E-state index contributed by atoms with van der Waals surface area (Å²) in [6, 6.07) is 18.3. The van der Waals surface area contributed by atoms with Gasteiger partial charge >= 0.3 is 5.97 Å². The summed E-state index contributed by atoms with van der Waals surface area (Å²) in [6.45, 7) is 4.36. The molecule has 156 valence electrons. The number of aromatic nitrogens is 3. The molecule has 0 spiro atoms. The summed E-state index contributed by atoms with van der Waals surface area (Å²) in [5, 5.41) is 6.29. The smallest absolute Gasteiger partial charge is 0.343 e. The molecule has 6 nitrogen and oxygen atoms in total. The van der Waals surface area contributed by atoms with Crippen molar-refractivity contribution in [3.8, 4) is 21.8 Å². The van der Waals surface area contributed by atoms with Gasteiger partial charge in [-0.05, 0) is 25.5 Å². The molecule has 7 heteroatoms. The second-order valence-electron chi connectivity index (χ2n) is 6.86. The molecule has 0 saturated carbocycles. The quantitative estimate of drug-likeness (QED) is 0.398. The molecule has 2 aromatic carbocycles. The minimum absolute atomic E-state index is 0.299. The minimum atomic E-state index is -0.435. The molecule has 0 aliphatic heterocycles. The lowest BCUT2D eigenvalue weighted by Gasteiger charge is -2.11. The van der Waals surface area contributed by atoms with Crippen molar-refractivity contribution in [2.24, 2.45) is 0 Å². The lowest BCUT2D eigenvalue weighted by atomic mass is 10.1. The van der Waals surface area contributed by atoms with Gasteiger partial charge in [-0.1, -0.05) is 48.5 Å². The standard InChI is InChI=1S/C24H22N4O2S/c1-3-30-24(29)20-14-25-16(2)27-22(20)26-13-17-8-7-11-19(12-17)23-28-21(15-31-23)18-9-5-4-6-10-18/h4-12,14-15H,3,13H2,1-2H3,(H,25,26,27). The van der Waals surface area contributed by atoms with E-state index in [1.807, 2.05) is 30.3 Å². The van der Waals surface area contributed by atoms with Crippen molar-refractivity contribution in [1.29, 1.82) is 0 Å². The second kappa shape index (κ2) is 9.49. The summed E-state index contributed by atoms with van der Waals surface area (Å²) in [7, 11) is 0. The Bertz CT molecular complexity index is 1190. The average molecular weight is 431 g/mol. The van der Waals surface area contributed by atoms with Crippen molar-refractivity contribution in [3.63, 3.8) is 0 Å². The number of nitrogens with one attached hydrogen (secondary N) is 1. The van der Waals surface area contributed by atoms with Crippen molar-refractivity contribution in [3.05, 3.63) is 83.1 Å². The van der Waals surface area contributed by atoms with E-state index in [4.69, 9.17) is 9.72 Å². The first-order chi connectivity index (χ1) is 15.1. The van der Waals surface area contributed by atoms with E-state index in [9.17, 15) is 4.79 Å². The van der Waals surface area contributed by atoms with Gasteiger partial charge in [-0.3, -0.25) is 0 Å². The van der Waals surface area contributed by atoms with Gasteiger partial charge in [0.1, 0.15) is 22.2 Å². The summed E-state index contributed by atoms with van der Waals surface area (Å²) < 4.78 is 5.11. The predicted molar refractivity (Wildman–Crippen MR) is 123 cm³/mol. The highest BCUT2D eigenvalue weighted by Gasteiger charge is 2.15. The number of anilines is 1. The highest BCUT2D eigenvalue weighted by Crippen LogP contribution is 2.29. The number of carbonyl (C=O) groups excluding carboxylic acids is 1. The van der Waals surface area contributed by atoms with Crippen LogP contribution in [0.5, 0.6) is 0 Å². The van der Waals surface area contributed by atoms with Gasteiger partial charge in [0.2, 0.25) is 0 Å². The first kappa shape index (κ1) is 20.7. The Labute approximate surface area is 185 Å². The van der Waals surface area contributed by atoms with E-state index in [1.165, 1.54) is 6.20 Å². The van der Waals surface area contributed by atoms with Gasteiger partial charge in [-0.2, -0.15) is 0 Å². The maximum atomic E-state index is 12.2. The third-order valence-electron chi connectivity index (χ3n) is 4.61. The van der Waals surface area contributed by atoms with Crippen LogP contribution in [0.15, 0.2) is 66.2 Å². The molecule has 0 aliphatic rings. The monoisotopic (exact) mass is 430 g/mol. The molecule has 4 aromatic rings. The van der Waals surface area contributed by atoms with Crippen molar-refractivity contribution in [1.82, 2.24) is 15.0 Å². The Balaban J connectivity index is 1.52. The van der Waals surface area contributed by atoms with Crippen LogP contribution in [0, 0.1) is 6.92 Å². The van der Waals surface area contributed by atoms with E-state index in [1.54, 1.807) is 25.2 Å². The Morgan fingerprint density at radius 3 is 2.68 bits per heavy atom. The molecule has 2 heterocycles. The van der Waals surface area contributed by atoms with Crippen LogP contribution in [0.3, 0.4) is 0 Å². The van der Waals surface area contributed by atoms with Gasteiger partial charge in [0.25, 0.3) is 0 Å². The zero-order valence-electron chi connectivity index (χ0n) is 17.3. The number of ether oxygens (including phenoxy) is 1. The van der Waals surface area contributed by atoms with Gasteiger partial charge in [0.05, 0.1) is 12.3 Å². The van der Waals surface area contributed by atoms with Gasteiger partial charge in [-0.25, -0.2) is 19.7 Å². The first-order valence-electron chi connectivity index (χ1n) is 9.99. The molecule has 4 rings (SSSR count). The second-order valence-corrected chi connectivity index (χ2v) is 7.72. The van der Waals surface area contributed by atoms with E-state index in [0.717, 1.165) is 27.4 Å². The Hall–Kier alpha value is -3.58. The number of hydrogen-bond acceptors (Lipinski definition) is 7. The molecule has 0 unspecified atom stereocenters. The van der Waals surface area contributed by atoms with Crippen LogP contribution in [0.2, 0.25) is 0 Å². The van der Waals surface area contributed by atoms with Crippen molar-refractivity contribution in [2.45, 2.75) is 20.4 Å². The van der Waals surface area contributed by atoms with Gasteiger partial charge in [0, 0.05) is 29.2 Å². The van der Waals surface area contributed by atoms with Crippen molar-refractivity contribution < 1.29 is 9.53 Å². The summed E-state index contributed by atoms with van der Waals surface area (Å²) in [5.74, 6) is 0.618. The highest BCUT2D eigenvalue weighted by atomic mass is 32.1. The average Bonchev–Trinajstić information content (AvgIpc) is 3.29. The Morgan fingerprint density at radius 1 is 1.06 bits per heavy atom. The lowest BCUT2D eigenvalue weighted by Crippen LogP contribution is -2.13. The molecular weight excluding hydrogens is 408 g/mol. The van der Waals surface area contributed by atoms with Crippen LogP contribution in [0.25, 0.3) is 21.8 Å². The van der Waals surface area contributed by atoms with Gasteiger partial charge < -0.3 is 10.1 Å². The van der Waals surface area contributed by atoms with Crippen LogP contribution in [-0.2, 0) is 11.3 Å². The molecule has 2 aromatic heterocycles. The summed E-state index contributed by atoms with van der Waals surface area (Å²) in [5.41, 5.74) is 4.51. The third-order valence-corrected chi connectivity index (χ3v) is 5.50. The first-order valence-corrected chi connectivity index (χ1v) is 10.9. The van der Waals surface area contributed by atoms with Crippen LogP contribution in [0.4, 0.5) is 5.82 Å². The molecule has 31 heavy (non-hydrogen) atoms. The van der Waals surface area contributed by atoms with Crippen LogP contribution in [-0.4, -0.2) is 27.5 Å². The summed E-state index contributed by atoms with van der Waals surface area (Å²) in [4.78, 5) is 25.5. The van der Waals surface area contributed by atoms with E-state index < -0.39 is 5.97 Å². The number of hydrogen-bond donors (Lipinski definition) is 1. The highest BCUT2D eigenvalue weighted by molar-refractivity contribution is 7.13. The molecule has 0 bridgehead atoms. The summed E-state index contributed by atoms with van der Waals surface area (Å²) >= 11 is 1.62. The number of aryl methyl sites for hydroxylation is 1. The zero-order valence-corrected chi connectivity index (χ0v) is 18.1. The SMILES string of the molecule is CCOC(=O)c1cnc(C)nc1NCc1cccc(-c2nc(-c3ccccc3)cs2)c1. The third kappa shape index (κ3) is 4.95. The predicted octanol–water partition coefficient (Wildman–Crippen LogP) is 5.36. The van der Waals surface area contributed by atoms with Gasteiger partial charge in [-0.15, -0.1) is 11.3 Å². The van der Waals surface area contributed by atoms with E-state index in [0.29, 0.717) is 30.4 Å². The van der Waals surface area contributed by atoms with Gasteiger partial charge in [0.15, 0.2) is 0 Å². The molecular formula is C24H22N4O2S. The van der Waals surface area contributed by atoms with Crippen LogP contribution < -0.4 is 5.32 Å². The molecule has 0 aliphatic carbocycles. The molecule has 0 radical (unpaired) electrons. The topological polar surface area (TPSA) is 77.0 Å². The Kier molecular flexibility index (Phi) is 6.33. The summed E-state index contributed by atoms with van der Waals surface area (Å²) in [6.07, 6.45) is 1.50. The number of thiazole rings is 1. The molecule has 0 amide bonds. The number of rotatable bonds is 7. The number of carbonyl (C=O) groups is 1. The fraction of sp³-hybridized carbons (Fsp3) is 0.167. The normalized spacial score (nSPS) is 10.6. The molecule has 0 atom stereocenters. The number of nitrogens with zero attached hydrogens (tertiary/aromatic N) is 3. The van der Waals surface area contributed by atoms with E-state index in [-0.39, 0.29) is 0 Å². The molecule has 0 saturated heterocycles. The Morgan fingerprint density at radius 2 is 1.87 bits per heavy atom. The van der Waals surface area contributed by atoms with Crippen molar-refractivity contribution in [2.75, 3.05) is 11.9 Å². The largest absolute Gasteiger partial charge is 0.462 e. The number of benzene rings is 2. The fourth-order valence-electron chi connectivity index (χ4n) is 3.11. The van der Waals surface area contributed by atoms with E-state index >= 15 is 0 Å². The lowest BCUT2D eigenvalue weighted by molar-refractivity contribution is 0.0526. The van der Waals surface area contributed by atoms with Crippen LogP contribution in [0.1, 0.15) is 28.7 Å². The van der Waals surface area contributed by atoms with E-state index in [2.05, 4.69) is 44.9 Å². The minimum Gasteiger partial charge on any atom is -0.462 e. The number of esters is 1. The molecule has 0 fully saturated rings. The maximum absolute atomic E-state index is 12.2. The molecule has 1 N–H and O–H groups in total. The fourth-order valence-corrected chi connectivity index (χ4v) is 3.94. The zero-order chi connectivity index (χ0) is 21.6. The maximum Gasteiger partial charge on any atom is 0.343 e.